The fourth-order valence-corrected chi connectivity index (χ4v) is 2.30. The summed E-state index contributed by atoms with van der Waals surface area (Å²) in [5.74, 6) is -0.119. The number of nitrogens with zero attached hydrogens (tertiary/aromatic N) is 1. The Labute approximate surface area is 116 Å². The van der Waals surface area contributed by atoms with Gasteiger partial charge in [-0.3, -0.25) is 4.79 Å². The third-order valence-corrected chi connectivity index (χ3v) is 3.97. The fraction of sp³-hybridized carbons (Fsp3) is 0.615. The van der Waals surface area contributed by atoms with Crippen LogP contribution in [0.5, 0.6) is 0 Å². The number of carbonyl (C=O) groups is 1. The largest absolute Gasteiger partial charge is 0.394 e. The summed E-state index contributed by atoms with van der Waals surface area (Å²) in [6, 6.07) is 2.29. The first-order valence-corrected chi connectivity index (χ1v) is 7.09. The molecule has 5 heteroatoms. The van der Waals surface area contributed by atoms with Gasteiger partial charge in [-0.2, -0.15) is 0 Å². The van der Waals surface area contributed by atoms with Crippen LogP contribution in [-0.2, 0) is 0 Å². The van der Waals surface area contributed by atoms with Crippen LogP contribution in [0.4, 0.5) is 0 Å². The molecule has 4 nitrogen and oxygen atoms in total. The molecule has 0 aromatic carbocycles. The lowest BCUT2D eigenvalue weighted by Crippen LogP contribution is -2.48. The van der Waals surface area contributed by atoms with E-state index < -0.39 is 5.54 Å². The van der Waals surface area contributed by atoms with E-state index in [2.05, 4.69) is 21.2 Å². The molecular formula is C13H19BrN2O2. The molecule has 1 saturated carbocycles. The van der Waals surface area contributed by atoms with E-state index in [0.29, 0.717) is 18.2 Å². The highest BCUT2D eigenvalue weighted by Crippen LogP contribution is 2.37. The molecule has 1 aromatic rings. The zero-order valence-corrected chi connectivity index (χ0v) is 12.3. The van der Waals surface area contributed by atoms with Crippen molar-refractivity contribution in [1.82, 2.24) is 9.88 Å². The van der Waals surface area contributed by atoms with Crippen molar-refractivity contribution < 1.29 is 9.90 Å². The number of aliphatic hydroxyl groups excluding tert-OH is 1. The molecule has 0 bridgehead atoms. The molecule has 0 spiro atoms. The first-order chi connectivity index (χ1) is 8.49. The predicted octanol–water partition coefficient (Wildman–Crippen LogP) is 2.48. The third-order valence-electron chi connectivity index (χ3n) is 3.53. The first-order valence-electron chi connectivity index (χ1n) is 6.30. The van der Waals surface area contributed by atoms with Gasteiger partial charge >= 0.3 is 0 Å². The number of hydrogen-bond acceptors (Lipinski definition) is 2. The standard InChI is InChI=1S/C13H19BrN2O2/c1-3-13(2,8-17)15-12(18)11-6-9(14)7-16(11)10-4-5-10/h6-7,10,17H,3-5,8H2,1-2H3,(H,15,18). The number of rotatable bonds is 5. The molecule has 2 N–H and O–H groups in total. The molecule has 0 aliphatic heterocycles. The van der Waals surface area contributed by atoms with E-state index in [1.165, 1.54) is 0 Å². The summed E-state index contributed by atoms with van der Waals surface area (Å²) in [6.45, 7) is 3.75. The minimum atomic E-state index is -0.553. The predicted molar refractivity (Wildman–Crippen MR) is 73.7 cm³/mol. The van der Waals surface area contributed by atoms with Crippen molar-refractivity contribution in [3.8, 4) is 0 Å². The van der Waals surface area contributed by atoms with Gasteiger partial charge in [0, 0.05) is 16.7 Å². The van der Waals surface area contributed by atoms with Gasteiger partial charge < -0.3 is 15.0 Å². The Morgan fingerprint density at radius 2 is 2.33 bits per heavy atom. The number of aromatic nitrogens is 1. The third kappa shape index (κ3) is 2.78. The van der Waals surface area contributed by atoms with Crippen molar-refractivity contribution in [2.45, 2.75) is 44.7 Å². The fourth-order valence-electron chi connectivity index (χ4n) is 1.86. The Bertz CT molecular complexity index is 448. The van der Waals surface area contributed by atoms with E-state index in [0.717, 1.165) is 17.3 Å². The van der Waals surface area contributed by atoms with Gasteiger partial charge in [-0.15, -0.1) is 0 Å². The summed E-state index contributed by atoms with van der Waals surface area (Å²) < 4.78 is 2.94. The summed E-state index contributed by atoms with van der Waals surface area (Å²) in [7, 11) is 0. The molecule has 1 heterocycles. The average Bonchev–Trinajstić information content (AvgIpc) is 3.12. The van der Waals surface area contributed by atoms with Gasteiger partial charge in [0.25, 0.3) is 5.91 Å². The van der Waals surface area contributed by atoms with E-state index in [9.17, 15) is 9.90 Å². The lowest BCUT2D eigenvalue weighted by molar-refractivity contribution is 0.0838. The molecule has 2 rings (SSSR count). The van der Waals surface area contributed by atoms with Crippen LogP contribution >= 0.6 is 15.9 Å². The summed E-state index contributed by atoms with van der Waals surface area (Å²) in [4.78, 5) is 12.3. The molecule has 1 aliphatic rings. The number of carbonyl (C=O) groups excluding carboxylic acids is 1. The van der Waals surface area contributed by atoms with Crippen molar-refractivity contribution in [2.24, 2.45) is 0 Å². The second-order valence-corrected chi connectivity index (χ2v) is 6.12. The maximum absolute atomic E-state index is 12.3. The summed E-state index contributed by atoms with van der Waals surface area (Å²) in [5.41, 5.74) is 0.111. The van der Waals surface area contributed by atoms with Crippen LogP contribution in [0.1, 0.15) is 49.6 Å². The quantitative estimate of drug-likeness (QED) is 0.877. The van der Waals surface area contributed by atoms with Gasteiger partial charge in [0.2, 0.25) is 0 Å². The number of nitrogens with one attached hydrogen (secondary N) is 1. The zero-order valence-electron chi connectivity index (χ0n) is 10.7. The van der Waals surface area contributed by atoms with E-state index in [4.69, 9.17) is 0 Å². The van der Waals surface area contributed by atoms with Crippen LogP contribution in [0.15, 0.2) is 16.7 Å². The Balaban J connectivity index is 2.18. The maximum Gasteiger partial charge on any atom is 0.268 e. The monoisotopic (exact) mass is 314 g/mol. The highest BCUT2D eigenvalue weighted by Gasteiger charge is 2.30. The number of aliphatic hydroxyl groups is 1. The van der Waals surface area contributed by atoms with Gasteiger partial charge in [0.1, 0.15) is 5.69 Å². The van der Waals surface area contributed by atoms with Gasteiger partial charge in [0.05, 0.1) is 12.1 Å². The van der Waals surface area contributed by atoms with Crippen molar-refractivity contribution in [1.29, 1.82) is 0 Å². The highest BCUT2D eigenvalue weighted by atomic mass is 79.9. The molecule has 0 radical (unpaired) electrons. The first kappa shape index (κ1) is 13.6. The summed E-state index contributed by atoms with van der Waals surface area (Å²) >= 11 is 3.41. The minimum Gasteiger partial charge on any atom is -0.394 e. The van der Waals surface area contributed by atoms with Crippen LogP contribution in [0, 0.1) is 0 Å². The molecule has 1 unspecified atom stereocenters. The maximum atomic E-state index is 12.3. The smallest absolute Gasteiger partial charge is 0.268 e. The number of amides is 1. The Morgan fingerprint density at radius 1 is 1.67 bits per heavy atom. The normalized spacial score (nSPS) is 18.4. The molecule has 100 valence electrons. The molecule has 1 amide bonds. The SMILES string of the molecule is CCC(C)(CO)NC(=O)c1cc(Br)cn1C1CC1. The topological polar surface area (TPSA) is 54.3 Å². The Kier molecular flexibility index (Phi) is 3.82. The second-order valence-electron chi connectivity index (χ2n) is 5.21. The Morgan fingerprint density at radius 3 is 2.83 bits per heavy atom. The van der Waals surface area contributed by atoms with Crippen molar-refractivity contribution >= 4 is 21.8 Å². The average molecular weight is 315 g/mol. The molecule has 0 saturated heterocycles. The second kappa shape index (κ2) is 5.05. The van der Waals surface area contributed by atoms with Crippen molar-refractivity contribution in [3.05, 3.63) is 22.4 Å². The number of halogens is 1. The van der Waals surface area contributed by atoms with Crippen LogP contribution in [0.3, 0.4) is 0 Å². The molecule has 1 fully saturated rings. The van der Waals surface area contributed by atoms with E-state index in [1.54, 1.807) is 0 Å². The van der Waals surface area contributed by atoms with Gasteiger partial charge in [-0.05, 0) is 48.2 Å². The summed E-state index contributed by atoms with van der Waals surface area (Å²) in [6.07, 6.45) is 4.91. The van der Waals surface area contributed by atoms with E-state index in [1.807, 2.05) is 30.7 Å². The zero-order chi connectivity index (χ0) is 13.3. The van der Waals surface area contributed by atoms with E-state index >= 15 is 0 Å². The van der Waals surface area contributed by atoms with Crippen LogP contribution in [0.2, 0.25) is 0 Å². The molecule has 1 atom stereocenters. The summed E-state index contributed by atoms with van der Waals surface area (Å²) in [5, 5.41) is 12.3. The molecule has 1 aliphatic carbocycles. The van der Waals surface area contributed by atoms with E-state index in [-0.39, 0.29) is 12.5 Å². The number of hydrogen-bond donors (Lipinski definition) is 2. The van der Waals surface area contributed by atoms with Gasteiger partial charge in [0.15, 0.2) is 0 Å². The Hall–Kier alpha value is -0.810. The van der Waals surface area contributed by atoms with Crippen LogP contribution in [0.25, 0.3) is 0 Å². The highest BCUT2D eigenvalue weighted by molar-refractivity contribution is 9.10. The molecule has 1 aromatic heterocycles. The van der Waals surface area contributed by atoms with Crippen molar-refractivity contribution in [3.63, 3.8) is 0 Å². The minimum absolute atomic E-state index is 0.0550. The van der Waals surface area contributed by atoms with Gasteiger partial charge in [-0.25, -0.2) is 0 Å². The molecule has 18 heavy (non-hydrogen) atoms. The van der Waals surface area contributed by atoms with Crippen LogP contribution in [-0.4, -0.2) is 27.7 Å². The van der Waals surface area contributed by atoms with Crippen LogP contribution < -0.4 is 5.32 Å². The lowest BCUT2D eigenvalue weighted by atomic mass is 10.00. The lowest BCUT2D eigenvalue weighted by Gasteiger charge is -2.27. The van der Waals surface area contributed by atoms with Crippen molar-refractivity contribution in [2.75, 3.05) is 6.61 Å². The molecular weight excluding hydrogens is 296 g/mol. The van der Waals surface area contributed by atoms with Gasteiger partial charge in [-0.1, -0.05) is 6.92 Å².